The molecule has 0 aromatic heterocycles. The first-order chi connectivity index (χ1) is 7.93. The average molecular weight is 515 g/mol. The molecule has 107 valence electrons. The number of nitrogens with one attached hydrogen (secondary N) is 2. The van der Waals surface area contributed by atoms with Crippen molar-refractivity contribution >= 4 is 24.5 Å². The number of carbonyl (C=O) groups excluding carboxylic acids is 4. The Kier molecular flexibility index (Phi) is 23.2. The number of ketones is 1. The second kappa shape index (κ2) is 16.1. The normalized spacial score (nSPS) is 11.0. The molecule has 0 saturated heterocycles. The van der Waals surface area contributed by atoms with Crippen LogP contribution in [0.25, 0.3) is 5.73 Å². The van der Waals surface area contributed by atoms with E-state index in [-0.39, 0.29) is 64.6 Å². The summed E-state index contributed by atoms with van der Waals surface area (Å²) >= 11 is 0. The van der Waals surface area contributed by atoms with Gasteiger partial charge in [-0.2, -0.15) is 19.9 Å². The van der Waals surface area contributed by atoms with Crippen LogP contribution in [0.2, 0.25) is 0 Å². The summed E-state index contributed by atoms with van der Waals surface area (Å²) in [6, 6.07) is 0. The molecule has 0 aliphatic carbocycles. The van der Waals surface area contributed by atoms with Gasteiger partial charge in [-0.3, -0.25) is 9.59 Å². The van der Waals surface area contributed by atoms with E-state index >= 15 is 0 Å². The Hall–Kier alpha value is 0.0322. The van der Waals surface area contributed by atoms with E-state index in [1.165, 1.54) is 20.9 Å². The summed E-state index contributed by atoms with van der Waals surface area (Å²) in [5.74, 6) is -1.87. The second-order valence-electron chi connectivity index (χ2n) is 3.18. The predicted octanol–water partition coefficient (Wildman–Crippen LogP) is -0.0214. The Morgan fingerprint density at radius 2 is 1.47 bits per heavy atom. The Morgan fingerprint density at radius 3 is 1.74 bits per heavy atom. The van der Waals surface area contributed by atoms with Gasteiger partial charge in [0, 0.05) is 65.6 Å². The van der Waals surface area contributed by atoms with E-state index in [4.69, 9.17) is 5.73 Å². The number of rotatable bonds is 6. The van der Waals surface area contributed by atoms with Crippen molar-refractivity contribution in [3.63, 3.8) is 0 Å². The molecular weight excluding hydrogens is 499 g/mol. The van der Waals surface area contributed by atoms with E-state index in [0.717, 1.165) is 12.8 Å². The quantitative estimate of drug-likeness (QED) is 0.305. The molecule has 3 amide bonds. The number of nitrogens with zero attached hydrogens (tertiary/aromatic N) is 1. The van der Waals surface area contributed by atoms with Crippen molar-refractivity contribution in [1.29, 1.82) is 0 Å². The molecule has 1 radical (unpaired) electrons. The topological polar surface area (TPSA) is 107 Å². The van der Waals surface area contributed by atoms with Gasteiger partial charge in [0.25, 0.3) is 0 Å². The number of imide groups is 1. The van der Waals surface area contributed by atoms with Crippen molar-refractivity contribution in [2.75, 3.05) is 7.05 Å². The molecule has 0 spiro atoms. The summed E-state index contributed by atoms with van der Waals surface area (Å²) < 4.78 is 0. The minimum absolute atomic E-state index is 0. The molecule has 0 aromatic rings. The van der Waals surface area contributed by atoms with Crippen LogP contribution in [0.5, 0.6) is 0 Å². The third-order valence-electron chi connectivity index (χ3n) is 2.21. The van der Waals surface area contributed by atoms with Crippen molar-refractivity contribution in [3.05, 3.63) is 5.73 Å². The van der Waals surface area contributed by atoms with Gasteiger partial charge in [-0.05, 0) is 6.92 Å². The predicted molar refractivity (Wildman–Crippen MR) is 60.6 cm³/mol. The summed E-state index contributed by atoms with van der Waals surface area (Å²) in [5.41, 5.74) is 7.70. The molecule has 0 fully saturated rings. The number of hydrogen-bond acceptors (Lipinski definition) is 4. The van der Waals surface area contributed by atoms with Crippen LogP contribution < -0.4 is 5.43 Å². The van der Waals surface area contributed by atoms with Crippen LogP contribution in [0.3, 0.4) is 0 Å². The van der Waals surface area contributed by atoms with E-state index in [2.05, 4.69) is 0 Å². The van der Waals surface area contributed by atoms with Gasteiger partial charge in [0.15, 0.2) is 0 Å². The fourth-order valence-electron chi connectivity index (χ4n) is 0.855. The number of hydrazine groups is 1. The Labute approximate surface area is 152 Å². The molecule has 0 aromatic carbocycles. The zero-order valence-corrected chi connectivity index (χ0v) is 17.0. The molecule has 19 heavy (non-hydrogen) atoms. The number of amides is 3. The molecular formula is C10H16N3O4WY-3. The standard InChI is InChI=1S/C9H12N2O4.CH4N.W.Y/c1-6(8(3)14)7(2)9(15)10-11(4-12)5-13;1-2;;/h6-7H,1-3H3,(H,10,15);2H,1H3;;/q-2;-1;;/t6-,7+;;;/m0.../s1. The molecule has 0 heterocycles. The molecule has 9 heteroatoms. The van der Waals surface area contributed by atoms with Gasteiger partial charge in [-0.1, -0.05) is 13.8 Å². The molecule has 7 nitrogen and oxygen atoms in total. The van der Waals surface area contributed by atoms with Crippen LogP contribution in [0.1, 0.15) is 20.8 Å². The van der Waals surface area contributed by atoms with Gasteiger partial charge in [-0.25, -0.2) is 0 Å². The van der Waals surface area contributed by atoms with Gasteiger partial charge in [0.2, 0.25) is 5.91 Å². The molecule has 0 aliphatic rings. The van der Waals surface area contributed by atoms with Gasteiger partial charge in [0.1, 0.15) is 5.78 Å². The minimum Gasteiger partial charge on any atom is -0.680 e. The van der Waals surface area contributed by atoms with Crippen LogP contribution in [-0.4, -0.2) is 36.6 Å². The van der Waals surface area contributed by atoms with Crippen LogP contribution in [-0.2, 0) is 73.0 Å². The zero-order chi connectivity index (χ0) is 14.0. The SMILES string of the molecule is CC(=O)[C@@H](C)[C@@H](C)C(=O)NN([C-]=O)[C-]=O.C[NH-].[W].[Y]. The Balaban J connectivity index is -0.000000267. The summed E-state index contributed by atoms with van der Waals surface area (Å²) in [7, 11) is 1.25. The largest absolute Gasteiger partial charge is 0.680 e. The molecule has 0 bridgehead atoms. The maximum absolute atomic E-state index is 11.4. The summed E-state index contributed by atoms with van der Waals surface area (Å²) in [5, 5.41) is 0.214. The van der Waals surface area contributed by atoms with Crippen molar-refractivity contribution in [2.24, 2.45) is 11.8 Å². The molecule has 0 unspecified atom stereocenters. The van der Waals surface area contributed by atoms with E-state index < -0.39 is 17.7 Å². The molecule has 0 saturated carbocycles. The minimum atomic E-state index is -0.633. The molecule has 2 N–H and O–H groups in total. The third-order valence-corrected chi connectivity index (χ3v) is 2.21. The first kappa shape index (κ1) is 27.4. The van der Waals surface area contributed by atoms with Gasteiger partial charge in [-0.15, -0.1) is 0 Å². The molecule has 0 aliphatic heterocycles. The monoisotopic (exact) mass is 515 g/mol. The van der Waals surface area contributed by atoms with Crippen molar-refractivity contribution in [1.82, 2.24) is 10.4 Å². The van der Waals surface area contributed by atoms with Crippen LogP contribution in [0, 0.1) is 11.8 Å². The van der Waals surface area contributed by atoms with E-state index in [9.17, 15) is 19.2 Å². The zero-order valence-electron chi connectivity index (χ0n) is 11.2. The number of hydrogen-bond donors (Lipinski definition) is 1. The first-order valence-corrected chi connectivity index (χ1v) is 4.80. The van der Waals surface area contributed by atoms with Gasteiger partial charge < -0.3 is 25.8 Å². The third kappa shape index (κ3) is 11.5. The van der Waals surface area contributed by atoms with Crippen LogP contribution in [0.15, 0.2) is 0 Å². The van der Waals surface area contributed by atoms with Crippen molar-refractivity contribution < 1.29 is 73.0 Å². The molecule has 0 rings (SSSR count). The van der Waals surface area contributed by atoms with Crippen molar-refractivity contribution in [3.8, 4) is 0 Å². The first-order valence-electron chi connectivity index (χ1n) is 4.80. The Morgan fingerprint density at radius 1 is 1.11 bits per heavy atom. The van der Waals surface area contributed by atoms with E-state index in [0.29, 0.717) is 0 Å². The van der Waals surface area contributed by atoms with Crippen LogP contribution in [0.4, 0.5) is 0 Å². The van der Waals surface area contributed by atoms with Gasteiger partial charge in [0.05, 0.1) is 0 Å². The smallest absolute Gasteiger partial charge is 0.237 e. The summed E-state index contributed by atoms with van der Waals surface area (Å²) in [4.78, 5) is 42.4. The average Bonchev–Trinajstić information content (AvgIpc) is 2.35. The second-order valence-corrected chi connectivity index (χ2v) is 3.18. The van der Waals surface area contributed by atoms with E-state index in [1.54, 1.807) is 6.92 Å². The maximum Gasteiger partial charge on any atom is 0.237 e. The molecule has 2 atom stereocenters. The van der Waals surface area contributed by atoms with Crippen LogP contribution >= 0.6 is 0 Å². The number of carbonyl (C=O) groups is 2. The fraction of sp³-hybridized carbons (Fsp3) is 0.600. The Bertz CT molecular complexity index is 284. The number of Topliss-reactive ketones (excluding diaryl/α,β-unsaturated/α-hetero) is 1. The summed E-state index contributed by atoms with van der Waals surface area (Å²) in [6.45, 7) is 4.48. The summed E-state index contributed by atoms with van der Waals surface area (Å²) in [6.07, 6.45) is 2.30. The van der Waals surface area contributed by atoms with Crippen molar-refractivity contribution in [2.45, 2.75) is 20.8 Å². The van der Waals surface area contributed by atoms with E-state index in [1.807, 2.05) is 5.43 Å². The maximum atomic E-state index is 11.4. The fourth-order valence-corrected chi connectivity index (χ4v) is 0.855. The van der Waals surface area contributed by atoms with Gasteiger partial charge >= 0.3 is 0 Å².